The molecule has 0 saturated heterocycles. The first-order valence-corrected chi connectivity index (χ1v) is 7.85. The Bertz CT molecular complexity index is 305. The van der Waals surface area contributed by atoms with Gasteiger partial charge in [0.1, 0.15) is 0 Å². The molecule has 0 radical (unpaired) electrons. The van der Waals surface area contributed by atoms with Gasteiger partial charge in [-0.25, -0.2) is 0 Å². The first-order chi connectivity index (χ1) is 9.09. The quantitative estimate of drug-likeness (QED) is 0.565. The fourth-order valence-electron chi connectivity index (χ4n) is 3.58. The lowest BCUT2D eigenvalue weighted by molar-refractivity contribution is -0.169. The maximum atomic E-state index is 12.1. The van der Waals surface area contributed by atoms with E-state index in [9.17, 15) is 9.59 Å². The van der Waals surface area contributed by atoms with Gasteiger partial charge >= 0.3 is 11.9 Å². The molecule has 0 spiro atoms. The van der Waals surface area contributed by atoms with Crippen LogP contribution in [0.1, 0.15) is 65.2 Å². The van der Waals surface area contributed by atoms with E-state index in [-0.39, 0.29) is 23.8 Å². The minimum Gasteiger partial charge on any atom is -0.393 e. The summed E-state index contributed by atoms with van der Waals surface area (Å²) in [5.74, 6) is 0.0637. The zero-order valence-corrected chi connectivity index (χ0v) is 12.2. The van der Waals surface area contributed by atoms with Crippen LogP contribution in [0.3, 0.4) is 0 Å². The van der Waals surface area contributed by atoms with Crippen LogP contribution in [0.15, 0.2) is 0 Å². The Hall–Kier alpha value is -0.860. The van der Waals surface area contributed by atoms with E-state index in [0.717, 1.165) is 38.5 Å². The first kappa shape index (κ1) is 14.5. The van der Waals surface area contributed by atoms with Crippen molar-refractivity contribution in [3.8, 4) is 0 Å². The van der Waals surface area contributed by atoms with Crippen LogP contribution < -0.4 is 0 Å². The Morgan fingerprint density at radius 3 is 1.47 bits per heavy atom. The Morgan fingerprint density at radius 1 is 0.737 bits per heavy atom. The zero-order chi connectivity index (χ0) is 13.8. The van der Waals surface area contributed by atoms with Gasteiger partial charge in [0, 0.05) is 0 Å². The van der Waals surface area contributed by atoms with E-state index in [4.69, 9.17) is 4.74 Å². The van der Waals surface area contributed by atoms with Crippen LogP contribution in [0.5, 0.6) is 0 Å². The van der Waals surface area contributed by atoms with E-state index >= 15 is 0 Å². The van der Waals surface area contributed by atoms with Gasteiger partial charge in [0.15, 0.2) is 0 Å². The summed E-state index contributed by atoms with van der Waals surface area (Å²) in [5, 5.41) is 0. The van der Waals surface area contributed by atoms with Crippen LogP contribution in [0.25, 0.3) is 0 Å². The Labute approximate surface area is 116 Å². The highest BCUT2D eigenvalue weighted by Gasteiger charge is 2.34. The molecule has 0 aliphatic heterocycles. The molecule has 3 nitrogen and oxygen atoms in total. The second-order valence-corrected chi connectivity index (χ2v) is 6.48. The molecule has 0 amide bonds. The topological polar surface area (TPSA) is 43.4 Å². The summed E-state index contributed by atoms with van der Waals surface area (Å²) >= 11 is 0. The van der Waals surface area contributed by atoms with Crippen molar-refractivity contribution >= 4 is 11.9 Å². The molecule has 19 heavy (non-hydrogen) atoms. The average molecular weight is 266 g/mol. The standard InChI is InChI=1S/C16H26O3/c1-11-7-3-5-9-13(11)15(17)19-16(18)14-10-6-4-8-12(14)2/h11-14H,3-10H2,1-2H3/t11-,12+,13+,14-. The van der Waals surface area contributed by atoms with E-state index in [1.165, 1.54) is 12.8 Å². The first-order valence-electron chi connectivity index (χ1n) is 7.85. The summed E-state index contributed by atoms with van der Waals surface area (Å²) in [5.41, 5.74) is 0. The molecule has 2 aliphatic rings. The molecule has 0 aromatic carbocycles. The molecule has 0 bridgehead atoms. The number of esters is 2. The predicted octanol–water partition coefficient (Wildman–Crippen LogP) is 3.71. The largest absolute Gasteiger partial charge is 0.393 e. The van der Waals surface area contributed by atoms with Gasteiger partial charge in [-0.2, -0.15) is 0 Å². The van der Waals surface area contributed by atoms with Gasteiger partial charge in [0.25, 0.3) is 0 Å². The number of hydrogen-bond acceptors (Lipinski definition) is 3. The third-order valence-corrected chi connectivity index (χ3v) is 5.03. The van der Waals surface area contributed by atoms with Gasteiger partial charge in [0.2, 0.25) is 0 Å². The highest BCUT2D eigenvalue weighted by atomic mass is 16.6. The van der Waals surface area contributed by atoms with Crippen molar-refractivity contribution in [2.45, 2.75) is 65.2 Å². The molecule has 0 N–H and O–H groups in total. The number of ether oxygens (including phenoxy) is 1. The fourth-order valence-corrected chi connectivity index (χ4v) is 3.58. The molecule has 0 aromatic heterocycles. The number of carbonyl (C=O) groups is 2. The van der Waals surface area contributed by atoms with Crippen LogP contribution in [0.2, 0.25) is 0 Å². The molecule has 3 heteroatoms. The zero-order valence-electron chi connectivity index (χ0n) is 12.2. The van der Waals surface area contributed by atoms with Gasteiger partial charge in [-0.15, -0.1) is 0 Å². The molecule has 0 aromatic rings. The third kappa shape index (κ3) is 3.58. The molecule has 4 atom stereocenters. The van der Waals surface area contributed by atoms with Crippen molar-refractivity contribution in [1.29, 1.82) is 0 Å². The van der Waals surface area contributed by atoms with Gasteiger partial charge in [-0.05, 0) is 37.5 Å². The summed E-state index contributed by atoms with van der Waals surface area (Å²) < 4.78 is 5.19. The maximum absolute atomic E-state index is 12.1. The Morgan fingerprint density at radius 2 is 1.11 bits per heavy atom. The number of hydrogen-bond donors (Lipinski definition) is 0. The van der Waals surface area contributed by atoms with E-state index in [1.54, 1.807) is 0 Å². The van der Waals surface area contributed by atoms with E-state index in [1.807, 2.05) is 0 Å². The SMILES string of the molecule is C[C@@H]1CCCC[C@@H]1C(=O)OC(=O)[C@@H]1CCCC[C@@H]1C. The van der Waals surface area contributed by atoms with E-state index in [0.29, 0.717) is 11.8 Å². The summed E-state index contributed by atoms with van der Waals surface area (Å²) in [6.07, 6.45) is 8.47. The monoisotopic (exact) mass is 266 g/mol. The van der Waals surface area contributed by atoms with Crippen molar-refractivity contribution < 1.29 is 14.3 Å². The highest BCUT2D eigenvalue weighted by Crippen LogP contribution is 2.33. The Balaban J connectivity index is 1.88. The molecule has 2 fully saturated rings. The molecular weight excluding hydrogens is 240 g/mol. The van der Waals surface area contributed by atoms with Crippen LogP contribution in [0.4, 0.5) is 0 Å². The number of rotatable bonds is 2. The van der Waals surface area contributed by atoms with Crippen LogP contribution >= 0.6 is 0 Å². The lowest BCUT2D eigenvalue weighted by Crippen LogP contribution is -2.33. The predicted molar refractivity (Wildman–Crippen MR) is 73.3 cm³/mol. The van der Waals surface area contributed by atoms with Crippen LogP contribution in [0, 0.1) is 23.7 Å². The lowest BCUT2D eigenvalue weighted by Gasteiger charge is -2.29. The molecule has 2 saturated carbocycles. The molecule has 108 valence electrons. The minimum absolute atomic E-state index is 0.0587. The van der Waals surface area contributed by atoms with Crippen molar-refractivity contribution in [3.63, 3.8) is 0 Å². The van der Waals surface area contributed by atoms with Crippen molar-refractivity contribution in [1.82, 2.24) is 0 Å². The molecule has 0 unspecified atom stereocenters. The van der Waals surface area contributed by atoms with Crippen LogP contribution in [-0.4, -0.2) is 11.9 Å². The average Bonchev–Trinajstić information content (AvgIpc) is 2.39. The maximum Gasteiger partial charge on any atom is 0.316 e. The van der Waals surface area contributed by atoms with Gasteiger partial charge in [0.05, 0.1) is 11.8 Å². The molecular formula is C16H26O3. The van der Waals surface area contributed by atoms with Crippen molar-refractivity contribution in [2.75, 3.05) is 0 Å². The second-order valence-electron chi connectivity index (χ2n) is 6.48. The second kappa shape index (κ2) is 6.53. The van der Waals surface area contributed by atoms with E-state index in [2.05, 4.69) is 13.8 Å². The van der Waals surface area contributed by atoms with E-state index < -0.39 is 0 Å². The molecule has 0 heterocycles. The summed E-state index contributed by atoms with van der Waals surface area (Å²) in [6.45, 7) is 4.19. The Kier molecular flexibility index (Phi) is 5.00. The number of carbonyl (C=O) groups excluding carboxylic acids is 2. The lowest BCUT2D eigenvalue weighted by atomic mass is 9.79. The van der Waals surface area contributed by atoms with Crippen molar-refractivity contribution in [3.05, 3.63) is 0 Å². The fraction of sp³-hybridized carbons (Fsp3) is 0.875. The van der Waals surface area contributed by atoms with Gasteiger partial charge in [-0.1, -0.05) is 39.5 Å². The summed E-state index contributed by atoms with van der Waals surface area (Å²) in [7, 11) is 0. The summed E-state index contributed by atoms with van der Waals surface area (Å²) in [6, 6.07) is 0. The van der Waals surface area contributed by atoms with Crippen LogP contribution in [-0.2, 0) is 14.3 Å². The highest BCUT2D eigenvalue weighted by molar-refractivity contribution is 5.88. The smallest absolute Gasteiger partial charge is 0.316 e. The minimum atomic E-state index is -0.269. The molecule has 2 aliphatic carbocycles. The normalized spacial score (nSPS) is 35.7. The van der Waals surface area contributed by atoms with Gasteiger partial charge < -0.3 is 4.74 Å². The third-order valence-electron chi connectivity index (χ3n) is 5.03. The van der Waals surface area contributed by atoms with Crippen molar-refractivity contribution in [2.24, 2.45) is 23.7 Å². The summed E-state index contributed by atoms with van der Waals surface area (Å²) in [4.78, 5) is 24.3. The van der Waals surface area contributed by atoms with Gasteiger partial charge in [-0.3, -0.25) is 9.59 Å². The molecule has 2 rings (SSSR count).